The van der Waals surface area contributed by atoms with Crippen LogP contribution >= 0.6 is 0 Å². The van der Waals surface area contributed by atoms with Crippen LogP contribution in [0.2, 0.25) is 0 Å². The van der Waals surface area contributed by atoms with E-state index in [1.807, 2.05) is 6.92 Å². The lowest BCUT2D eigenvalue weighted by Gasteiger charge is -2.12. The molecule has 1 nitrogen and oxygen atoms in total. The molecule has 0 amide bonds. The molecule has 0 saturated carbocycles. The fourth-order valence-corrected chi connectivity index (χ4v) is 2.52. The molecule has 1 heteroatoms. The number of ketones is 1. The van der Waals surface area contributed by atoms with Gasteiger partial charge < -0.3 is 0 Å². The van der Waals surface area contributed by atoms with E-state index in [0.717, 1.165) is 24.8 Å². The predicted octanol–water partition coefficient (Wildman–Crippen LogP) is 4.83. The quantitative estimate of drug-likeness (QED) is 0.602. The lowest BCUT2D eigenvalue weighted by molar-refractivity contribution is -0.117. The number of allylic oxidation sites excluding steroid dienone is 4. The van der Waals surface area contributed by atoms with Crippen LogP contribution in [0.3, 0.4) is 0 Å². The van der Waals surface area contributed by atoms with Crippen LogP contribution < -0.4 is 0 Å². The summed E-state index contributed by atoms with van der Waals surface area (Å²) in [5.74, 6) is 0.547. The highest BCUT2D eigenvalue weighted by molar-refractivity contribution is 6.04. The minimum atomic E-state index is 0.173. The summed E-state index contributed by atoms with van der Waals surface area (Å²) in [5.41, 5.74) is 3.57. The molecule has 0 aliphatic heterocycles. The third-order valence-corrected chi connectivity index (χ3v) is 3.83. The first-order valence-electron chi connectivity index (χ1n) is 7.05. The molecule has 17 heavy (non-hydrogen) atoms. The maximum atomic E-state index is 12.2. The largest absolute Gasteiger partial charge is 0.294 e. The van der Waals surface area contributed by atoms with Gasteiger partial charge in [-0.25, -0.2) is 0 Å². The van der Waals surface area contributed by atoms with E-state index in [2.05, 4.69) is 26.8 Å². The Balaban J connectivity index is 2.80. The van der Waals surface area contributed by atoms with Crippen molar-refractivity contribution in [3.8, 4) is 0 Å². The molecule has 96 valence electrons. The molecule has 1 unspecified atom stereocenters. The van der Waals surface area contributed by atoms with Crippen LogP contribution in [-0.4, -0.2) is 5.78 Å². The normalized spacial score (nSPS) is 22.9. The molecule has 0 spiro atoms. The van der Waals surface area contributed by atoms with Crippen molar-refractivity contribution in [2.24, 2.45) is 5.92 Å². The Morgan fingerprint density at radius 1 is 1.06 bits per heavy atom. The third-order valence-electron chi connectivity index (χ3n) is 3.83. The van der Waals surface area contributed by atoms with Gasteiger partial charge in [-0.2, -0.15) is 0 Å². The topological polar surface area (TPSA) is 17.1 Å². The summed E-state index contributed by atoms with van der Waals surface area (Å²) in [6.45, 7) is 8.49. The molecule has 0 N–H and O–H groups in total. The molecule has 0 aromatic heterocycles. The second-order valence-electron chi connectivity index (χ2n) is 5.11. The lowest BCUT2D eigenvalue weighted by atomic mass is 9.91. The van der Waals surface area contributed by atoms with Crippen molar-refractivity contribution < 1.29 is 4.79 Å². The van der Waals surface area contributed by atoms with Gasteiger partial charge in [0.05, 0.1) is 0 Å². The van der Waals surface area contributed by atoms with Crippen LogP contribution in [0.15, 0.2) is 22.8 Å². The van der Waals surface area contributed by atoms with Crippen molar-refractivity contribution in [3.63, 3.8) is 0 Å². The Bertz CT molecular complexity index is 333. The average Bonchev–Trinajstić information content (AvgIpc) is 2.52. The van der Waals surface area contributed by atoms with Crippen LogP contribution in [0.5, 0.6) is 0 Å². The molecule has 0 radical (unpaired) electrons. The van der Waals surface area contributed by atoms with E-state index in [1.165, 1.54) is 30.4 Å². The number of rotatable bonds is 6. The van der Waals surface area contributed by atoms with Crippen molar-refractivity contribution in [3.05, 3.63) is 22.8 Å². The Labute approximate surface area is 106 Å². The number of hydrogen-bond donors (Lipinski definition) is 0. The van der Waals surface area contributed by atoms with Crippen molar-refractivity contribution >= 4 is 5.78 Å². The van der Waals surface area contributed by atoms with Gasteiger partial charge in [-0.1, -0.05) is 45.6 Å². The van der Waals surface area contributed by atoms with Gasteiger partial charge in [-0.3, -0.25) is 4.79 Å². The first-order valence-corrected chi connectivity index (χ1v) is 7.05. The number of Topliss-reactive ketones (excluding diaryl/α,β-unsaturated/α-hetero) is 1. The summed E-state index contributed by atoms with van der Waals surface area (Å²) in [6, 6.07) is 0. The zero-order chi connectivity index (χ0) is 12.8. The zero-order valence-corrected chi connectivity index (χ0v) is 11.8. The minimum Gasteiger partial charge on any atom is -0.294 e. The summed E-state index contributed by atoms with van der Waals surface area (Å²) in [6.07, 6.45) is 9.23. The minimum absolute atomic E-state index is 0.173. The predicted molar refractivity (Wildman–Crippen MR) is 74.0 cm³/mol. The van der Waals surface area contributed by atoms with Gasteiger partial charge in [0.25, 0.3) is 0 Å². The van der Waals surface area contributed by atoms with E-state index in [4.69, 9.17) is 0 Å². The Morgan fingerprint density at radius 3 is 2.29 bits per heavy atom. The number of hydrogen-bond acceptors (Lipinski definition) is 1. The van der Waals surface area contributed by atoms with Crippen molar-refractivity contribution in [1.29, 1.82) is 0 Å². The van der Waals surface area contributed by atoms with Gasteiger partial charge in [0.2, 0.25) is 0 Å². The van der Waals surface area contributed by atoms with Crippen LogP contribution in [0.25, 0.3) is 0 Å². The fourth-order valence-electron chi connectivity index (χ4n) is 2.52. The van der Waals surface area contributed by atoms with Crippen molar-refractivity contribution in [2.75, 3.05) is 0 Å². The highest BCUT2D eigenvalue weighted by atomic mass is 16.1. The highest BCUT2D eigenvalue weighted by Crippen LogP contribution is 2.36. The molecule has 0 heterocycles. The number of carbonyl (C=O) groups excluding carboxylic acids is 1. The van der Waals surface area contributed by atoms with Gasteiger partial charge in [-0.05, 0) is 43.4 Å². The molecule has 0 saturated heterocycles. The second-order valence-corrected chi connectivity index (χ2v) is 5.11. The smallest absolute Gasteiger partial charge is 0.166 e. The Hall–Kier alpha value is -0.850. The third kappa shape index (κ3) is 3.31. The maximum Gasteiger partial charge on any atom is 0.166 e. The molecule has 0 fully saturated rings. The van der Waals surface area contributed by atoms with Gasteiger partial charge in [0.1, 0.15) is 0 Å². The van der Waals surface area contributed by atoms with E-state index in [9.17, 15) is 4.79 Å². The number of unbranched alkanes of at least 4 members (excludes halogenated alkanes) is 3. The summed E-state index contributed by atoms with van der Waals surface area (Å²) in [4.78, 5) is 12.2. The van der Waals surface area contributed by atoms with E-state index in [1.54, 1.807) is 0 Å². The van der Waals surface area contributed by atoms with Crippen molar-refractivity contribution in [2.45, 2.75) is 66.2 Å². The standard InChI is InChI=1S/C16H26O/c1-5-7-9-11-14-12(3)13(4)16(17)15(14)10-8-6-2/h11,15H,5-10H2,1-4H3/b14-11-. The second kappa shape index (κ2) is 6.78. The highest BCUT2D eigenvalue weighted by Gasteiger charge is 2.31. The lowest BCUT2D eigenvalue weighted by Crippen LogP contribution is -2.11. The van der Waals surface area contributed by atoms with Gasteiger partial charge >= 0.3 is 0 Å². The summed E-state index contributed by atoms with van der Waals surface area (Å²) >= 11 is 0. The van der Waals surface area contributed by atoms with Gasteiger partial charge in [-0.15, -0.1) is 0 Å². The summed E-state index contributed by atoms with van der Waals surface area (Å²) < 4.78 is 0. The number of carbonyl (C=O) groups is 1. The van der Waals surface area contributed by atoms with E-state index in [-0.39, 0.29) is 5.92 Å². The van der Waals surface area contributed by atoms with Crippen LogP contribution in [0.1, 0.15) is 66.2 Å². The van der Waals surface area contributed by atoms with Crippen molar-refractivity contribution in [1.82, 2.24) is 0 Å². The van der Waals surface area contributed by atoms with Gasteiger partial charge in [0.15, 0.2) is 5.78 Å². The molecule has 0 aromatic rings. The molecule has 1 rings (SSSR count). The van der Waals surface area contributed by atoms with E-state index < -0.39 is 0 Å². The van der Waals surface area contributed by atoms with E-state index in [0.29, 0.717) is 5.78 Å². The SMILES string of the molecule is CCCC/C=C1/C(C)=C(C)C(=O)C1CCCC. The first-order chi connectivity index (χ1) is 8.13. The summed E-state index contributed by atoms with van der Waals surface area (Å²) in [5, 5.41) is 0. The summed E-state index contributed by atoms with van der Waals surface area (Å²) in [7, 11) is 0. The van der Waals surface area contributed by atoms with E-state index >= 15 is 0 Å². The average molecular weight is 234 g/mol. The fraction of sp³-hybridized carbons (Fsp3) is 0.688. The van der Waals surface area contributed by atoms with Gasteiger partial charge in [0, 0.05) is 5.92 Å². The molecule has 0 aromatic carbocycles. The van der Waals surface area contributed by atoms with Crippen LogP contribution in [0, 0.1) is 5.92 Å². The Kier molecular flexibility index (Phi) is 5.67. The zero-order valence-electron chi connectivity index (χ0n) is 11.8. The van der Waals surface area contributed by atoms with Crippen LogP contribution in [-0.2, 0) is 4.79 Å². The van der Waals surface area contributed by atoms with Crippen LogP contribution in [0.4, 0.5) is 0 Å². The molecular weight excluding hydrogens is 208 g/mol. The first kappa shape index (κ1) is 14.2. The monoisotopic (exact) mass is 234 g/mol. The molecular formula is C16H26O. The molecule has 1 aliphatic rings. The maximum absolute atomic E-state index is 12.2. The molecule has 1 atom stereocenters. The Morgan fingerprint density at radius 2 is 1.71 bits per heavy atom. The molecule has 1 aliphatic carbocycles. The molecule has 0 bridgehead atoms.